The molecule has 1 amide bonds. The summed E-state index contributed by atoms with van der Waals surface area (Å²) in [6, 6.07) is 17.2. The van der Waals surface area contributed by atoms with Crippen molar-refractivity contribution in [2.45, 2.75) is 10.8 Å². The van der Waals surface area contributed by atoms with Crippen molar-refractivity contribution in [2.75, 3.05) is 7.05 Å². The molecule has 1 N–H and O–H groups in total. The molecular formula is C21H15N5OS. The lowest BCUT2D eigenvalue weighted by atomic mass is 9.98. The first-order valence-corrected chi connectivity index (χ1v) is 9.35. The van der Waals surface area contributed by atoms with Gasteiger partial charge in [0.15, 0.2) is 0 Å². The van der Waals surface area contributed by atoms with Crippen molar-refractivity contribution in [2.24, 2.45) is 0 Å². The number of benzene rings is 1. The molecule has 2 aromatic heterocycles. The molecule has 0 bridgehead atoms. The molecule has 3 rings (SSSR count). The second-order valence-electron chi connectivity index (χ2n) is 5.73. The normalized spacial score (nSPS) is 9.96. The molecule has 136 valence electrons. The van der Waals surface area contributed by atoms with Crippen molar-refractivity contribution in [3.05, 3.63) is 77.2 Å². The molecule has 0 aliphatic rings. The van der Waals surface area contributed by atoms with Gasteiger partial charge in [-0.2, -0.15) is 10.5 Å². The third kappa shape index (κ3) is 4.01. The van der Waals surface area contributed by atoms with Crippen LogP contribution in [0, 0.1) is 22.7 Å². The van der Waals surface area contributed by atoms with E-state index in [0.717, 1.165) is 11.1 Å². The number of hydrogen-bond donors (Lipinski definition) is 1. The highest BCUT2D eigenvalue weighted by Gasteiger charge is 2.17. The number of pyridine rings is 2. The summed E-state index contributed by atoms with van der Waals surface area (Å²) in [5.74, 6) is 0.251. The Hall–Kier alpha value is -3.68. The van der Waals surface area contributed by atoms with Gasteiger partial charge in [0.1, 0.15) is 22.9 Å². The molecule has 0 saturated heterocycles. The van der Waals surface area contributed by atoms with Crippen LogP contribution in [0.5, 0.6) is 0 Å². The van der Waals surface area contributed by atoms with E-state index in [-0.39, 0.29) is 5.91 Å². The average molecular weight is 385 g/mol. The van der Waals surface area contributed by atoms with Crippen molar-refractivity contribution in [3.63, 3.8) is 0 Å². The molecule has 0 fully saturated rings. The number of aromatic nitrogens is 2. The number of hydrogen-bond acceptors (Lipinski definition) is 6. The third-order valence-corrected chi connectivity index (χ3v) is 5.06. The Bertz CT molecular complexity index is 1100. The number of amides is 1. The van der Waals surface area contributed by atoms with Gasteiger partial charge in [0.25, 0.3) is 5.91 Å². The molecule has 0 spiro atoms. The summed E-state index contributed by atoms with van der Waals surface area (Å²) in [6.07, 6.45) is 3.07. The lowest BCUT2D eigenvalue weighted by Gasteiger charge is -2.11. The lowest BCUT2D eigenvalue weighted by molar-refractivity contribution is 0.0958. The molecule has 2 heterocycles. The predicted molar refractivity (Wildman–Crippen MR) is 106 cm³/mol. The first-order chi connectivity index (χ1) is 13.7. The lowest BCUT2D eigenvalue weighted by Crippen LogP contribution is -2.19. The van der Waals surface area contributed by atoms with E-state index in [9.17, 15) is 15.3 Å². The highest BCUT2D eigenvalue weighted by Crippen LogP contribution is 2.33. The van der Waals surface area contributed by atoms with Gasteiger partial charge in [-0.05, 0) is 23.3 Å². The summed E-state index contributed by atoms with van der Waals surface area (Å²) >= 11 is 1.38. The van der Waals surface area contributed by atoms with Gasteiger partial charge in [0.05, 0.1) is 11.1 Å². The summed E-state index contributed by atoms with van der Waals surface area (Å²) in [7, 11) is 1.55. The number of nitrogens with one attached hydrogen (secondary N) is 1. The standard InChI is InChI=1S/C21H15N5OS/c1-24-20(27)18-9-14(7-8-25-18)13-28-21-17(11-23)19(16(10-22)12-26-21)15-5-3-2-4-6-15/h2-9,12H,13H2,1H3,(H,24,27). The summed E-state index contributed by atoms with van der Waals surface area (Å²) in [6.45, 7) is 0. The van der Waals surface area contributed by atoms with Crippen LogP contribution < -0.4 is 5.32 Å². The highest BCUT2D eigenvalue weighted by molar-refractivity contribution is 7.98. The fourth-order valence-electron chi connectivity index (χ4n) is 2.66. The zero-order valence-corrected chi connectivity index (χ0v) is 15.8. The molecular weight excluding hydrogens is 370 g/mol. The quantitative estimate of drug-likeness (QED) is 0.674. The Morgan fingerprint density at radius 2 is 1.93 bits per heavy atom. The molecule has 0 unspecified atom stereocenters. The number of nitriles is 2. The second-order valence-corrected chi connectivity index (χ2v) is 6.70. The van der Waals surface area contributed by atoms with Crippen molar-refractivity contribution in [3.8, 4) is 23.3 Å². The van der Waals surface area contributed by atoms with Gasteiger partial charge in [-0.1, -0.05) is 30.3 Å². The fourth-order valence-corrected chi connectivity index (χ4v) is 3.57. The SMILES string of the molecule is CNC(=O)c1cc(CSc2ncc(C#N)c(-c3ccccc3)c2C#N)ccn1. The molecule has 28 heavy (non-hydrogen) atoms. The van der Waals surface area contributed by atoms with Crippen LogP contribution in [0.2, 0.25) is 0 Å². The minimum absolute atomic E-state index is 0.257. The first-order valence-electron chi connectivity index (χ1n) is 8.36. The summed E-state index contributed by atoms with van der Waals surface area (Å²) in [5, 5.41) is 22.3. The van der Waals surface area contributed by atoms with Gasteiger partial charge in [-0.15, -0.1) is 11.8 Å². The Morgan fingerprint density at radius 3 is 2.61 bits per heavy atom. The fraction of sp³-hybridized carbons (Fsp3) is 0.0952. The van der Waals surface area contributed by atoms with Gasteiger partial charge in [-0.3, -0.25) is 9.78 Å². The molecule has 0 radical (unpaired) electrons. The minimum Gasteiger partial charge on any atom is -0.354 e. The summed E-state index contributed by atoms with van der Waals surface area (Å²) in [5.41, 5.74) is 3.33. The smallest absolute Gasteiger partial charge is 0.269 e. The minimum atomic E-state index is -0.257. The summed E-state index contributed by atoms with van der Waals surface area (Å²) in [4.78, 5) is 20.1. The zero-order chi connectivity index (χ0) is 19.9. The Kier molecular flexibility index (Phi) is 6.01. The van der Waals surface area contributed by atoms with Gasteiger partial charge in [-0.25, -0.2) is 4.98 Å². The maximum absolute atomic E-state index is 11.7. The Balaban J connectivity index is 1.95. The monoisotopic (exact) mass is 385 g/mol. The van der Waals surface area contributed by atoms with Crippen LogP contribution in [0.25, 0.3) is 11.1 Å². The van der Waals surface area contributed by atoms with Crippen LogP contribution in [0.1, 0.15) is 27.2 Å². The van der Waals surface area contributed by atoms with E-state index in [2.05, 4.69) is 27.4 Å². The van der Waals surface area contributed by atoms with E-state index in [1.165, 1.54) is 18.0 Å². The highest BCUT2D eigenvalue weighted by atomic mass is 32.2. The molecule has 1 aromatic carbocycles. The largest absolute Gasteiger partial charge is 0.354 e. The van der Waals surface area contributed by atoms with Crippen LogP contribution in [-0.2, 0) is 5.75 Å². The van der Waals surface area contributed by atoms with Crippen LogP contribution in [-0.4, -0.2) is 22.9 Å². The van der Waals surface area contributed by atoms with Crippen LogP contribution in [0.15, 0.2) is 59.9 Å². The first kappa shape index (κ1) is 19.1. The number of rotatable bonds is 5. The second kappa shape index (κ2) is 8.81. The number of carbonyl (C=O) groups is 1. The predicted octanol–water partition coefficient (Wildman–Crippen LogP) is 3.54. The molecule has 0 aliphatic heterocycles. The van der Waals surface area contributed by atoms with Gasteiger partial charge < -0.3 is 5.32 Å². The Labute approximate surface area is 166 Å². The maximum Gasteiger partial charge on any atom is 0.269 e. The summed E-state index contributed by atoms with van der Waals surface area (Å²) < 4.78 is 0. The van der Waals surface area contributed by atoms with Crippen molar-refractivity contribution in [1.29, 1.82) is 10.5 Å². The average Bonchev–Trinajstić information content (AvgIpc) is 2.77. The van der Waals surface area contributed by atoms with E-state index in [0.29, 0.717) is 33.2 Å². The number of nitrogens with zero attached hydrogens (tertiary/aromatic N) is 4. The van der Waals surface area contributed by atoms with Crippen LogP contribution in [0.4, 0.5) is 0 Å². The molecule has 0 atom stereocenters. The molecule has 0 aliphatic carbocycles. The van der Waals surface area contributed by atoms with Crippen molar-refractivity contribution < 1.29 is 4.79 Å². The van der Waals surface area contributed by atoms with Crippen LogP contribution >= 0.6 is 11.8 Å². The zero-order valence-electron chi connectivity index (χ0n) is 15.0. The molecule has 7 heteroatoms. The van der Waals surface area contributed by atoms with E-state index >= 15 is 0 Å². The third-order valence-electron chi connectivity index (χ3n) is 4.00. The van der Waals surface area contributed by atoms with E-state index in [4.69, 9.17) is 0 Å². The van der Waals surface area contributed by atoms with Crippen molar-refractivity contribution in [1.82, 2.24) is 15.3 Å². The Morgan fingerprint density at radius 1 is 1.14 bits per heavy atom. The van der Waals surface area contributed by atoms with E-state index in [1.807, 2.05) is 36.4 Å². The molecule has 6 nitrogen and oxygen atoms in total. The topological polar surface area (TPSA) is 102 Å². The van der Waals surface area contributed by atoms with E-state index in [1.54, 1.807) is 19.3 Å². The van der Waals surface area contributed by atoms with Crippen LogP contribution in [0.3, 0.4) is 0 Å². The number of thioether (sulfide) groups is 1. The van der Waals surface area contributed by atoms with Gasteiger partial charge >= 0.3 is 0 Å². The van der Waals surface area contributed by atoms with Gasteiger partial charge in [0.2, 0.25) is 0 Å². The van der Waals surface area contributed by atoms with E-state index < -0.39 is 0 Å². The van der Waals surface area contributed by atoms with Gasteiger partial charge in [0, 0.05) is 30.8 Å². The molecule has 3 aromatic rings. The number of carbonyl (C=O) groups excluding carboxylic acids is 1. The molecule has 0 saturated carbocycles. The maximum atomic E-state index is 11.7. The van der Waals surface area contributed by atoms with Crippen molar-refractivity contribution >= 4 is 17.7 Å².